The molecular weight excluding hydrogens is 379 g/mol. The van der Waals surface area contributed by atoms with E-state index < -0.39 is 0 Å². The highest BCUT2D eigenvalue weighted by Crippen LogP contribution is 2.29. The number of hydrogen-bond donors (Lipinski definition) is 1. The van der Waals surface area contributed by atoms with Gasteiger partial charge >= 0.3 is 0 Å². The number of nitrogens with one attached hydrogen (secondary N) is 1. The van der Waals surface area contributed by atoms with Crippen LogP contribution >= 0.6 is 0 Å². The van der Waals surface area contributed by atoms with Crippen LogP contribution in [0, 0.1) is 5.82 Å². The second-order valence-corrected chi connectivity index (χ2v) is 8.02. The normalized spacial score (nSPS) is 11.5. The number of benzene rings is 3. The van der Waals surface area contributed by atoms with E-state index >= 15 is 0 Å². The smallest absolute Gasteiger partial charge is 0.161 e. The number of hydrogen-bond acceptors (Lipinski definition) is 4. The molecule has 1 N–H and O–H groups in total. The van der Waals surface area contributed by atoms with Gasteiger partial charge in [-0.2, -0.15) is 5.10 Å². The quantitative estimate of drug-likeness (QED) is 0.378. The molecule has 3 rings (SSSR count). The molecule has 0 bridgehead atoms. The zero-order valence-corrected chi connectivity index (χ0v) is 17.8. The summed E-state index contributed by atoms with van der Waals surface area (Å²) in [6, 6.07) is 20.1. The van der Waals surface area contributed by atoms with Crippen LogP contribution in [0.3, 0.4) is 0 Å². The first-order valence-electron chi connectivity index (χ1n) is 9.80. The first kappa shape index (κ1) is 21.4. The fourth-order valence-electron chi connectivity index (χ4n) is 2.85. The molecule has 0 aliphatic heterocycles. The number of methoxy groups -OCH3 is 1. The maximum atomic E-state index is 12.9. The van der Waals surface area contributed by atoms with Crippen molar-refractivity contribution in [2.24, 2.45) is 5.10 Å². The molecule has 0 aliphatic carbocycles. The Balaban J connectivity index is 1.62. The lowest BCUT2D eigenvalue weighted by Crippen LogP contribution is -2.10. The summed E-state index contributed by atoms with van der Waals surface area (Å²) >= 11 is 0. The molecule has 0 amide bonds. The summed E-state index contributed by atoms with van der Waals surface area (Å²) in [6.07, 6.45) is 1.67. The van der Waals surface area contributed by atoms with Gasteiger partial charge in [0, 0.05) is 0 Å². The summed E-state index contributed by atoms with van der Waals surface area (Å²) in [6.45, 7) is 7.05. The molecule has 0 heterocycles. The van der Waals surface area contributed by atoms with Gasteiger partial charge in [0.05, 0.1) is 19.0 Å². The standard InChI is InChI=1S/C25H27FN2O2/c1-25(2,3)20-8-5-18(6-9-20)17-30-23-14-7-19(15-24(23)29-4)16-27-28-22-12-10-21(26)11-13-22/h5-16,28H,17H2,1-4H3/b27-16+. The number of hydrazone groups is 1. The highest BCUT2D eigenvalue weighted by atomic mass is 19.1. The van der Waals surface area contributed by atoms with Crippen molar-refractivity contribution in [3.8, 4) is 11.5 Å². The van der Waals surface area contributed by atoms with Gasteiger partial charge in [-0.1, -0.05) is 45.0 Å². The summed E-state index contributed by atoms with van der Waals surface area (Å²) in [4.78, 5) is 0. The first-order valence-corrected chi connectivity index (χ1v) is 9.80. The Morgan fingerprint density at radius 3 is 2.27 bits per heavy atom. The molecule has 0 aromatic heterocycles. The molecule has 0 aliphatic rings. The lowest BCUT2D eigenvalue weighted by atomic mass is 9.87. The maximum Gasteiger partial charge on any atom is 0.161 e. The highest BCUT2D eigenvalue weighted by Gasteiger charge is 2.13. The van der Waals surface area contributed by atoms with Gasteiger partial charge in [-0.3, -0.25) is 5.43 Å². The SMILES string of the molecule is COc1cc(/C=N/Nc2ccc(F)cc2)ccc1OCc1ccc(C(C)(C)C)cc1. The van der Waals surface area contributed by atoms with Gasteiger partial charge in [0.1, 0.15) is 12.4 Å². The van der Waals surface area contributed by atoms with E-state index in [2.05, 4.69) is 55.6 Å². The number of anilines is 1. The van der Waals surface area contributed by atoms with Gasteiger partial charge in [-0.05, 0) is 64.6 Å². The lowest BCUT2D eigenvalue weighted by Gasteiger charge is -2.19. The molecular formula is C25H27FN2O2. The van der Waals surface area contributed by atoms with E-state index in [-0.39, 0.29) is 11.2 Å². The third-order valence-electron chi connectivity index (χ3n) is 4.65. The van der Waals surface area contributed by atoms with E-state index in [0.29, 0.717) is 23.8 Å². The zero-order chi connectivity index (χ0) is 21.6. The van der Waals surface area contributed by atoms with Crippen LogP contribution in [0.1, 0.15) is 37.5 Å². The second-order valence-electron chi connectivity index (χ2n) is 8.02. The van der Waals surface area contributed by atoms with Crippen LogP contribution in [0.25, 0.3) is 0 Å². The molecule has 0 unspecified atom stereocenters. The molecule has 156 valence electrons. The van der Waals surface area contributed by atoms with Crippen LogP contribution in [0.4, 0.5) is 10.1 Å². The Hall–Kier alpha value is -3.34. The second kappa shape index (κ2) is 9.44. The number of ether oxygens (including phenoxy) is 2. The number of rotatable bonds is 7. The summed E-state index contributed by atoms with van der Waals surface area (Å²) in [7, 11) is 1.61. The van der Waals surface area contributed by atoms with Crippen LogP contribution < -0.4 is 14.9 Å². The van der Waals surface area contributed by atoms with Crippen LogP contribution in [0.2, 0.25) is 0 Å². The number of halogens is 1. The molecule has 0 atom stereocenters. The fraction of sp³-hybridized carbons (Fsp3) is 0.240. The van der Waals surface area contributed by atoms with E-state index in [1.54, 1.807) is 25.5 Å². The van der Waals surface area contributed by atoms with Gasteiger partial charge in [-0.25, -0.2) is 4.39 Å². The van der Waals surface area contributed by atoms with Crippen molar-refractivity contribution in [3.63, 3.8) is 0 Å². The molecule has 30 heavy (non-hydrogen) atoms. The van der Waals surface area contributed by atoms with Crippen molar-refractivity contribution in [1.29, 1.82) is 0 Å². The van der Waals surface area contributed by atoms with Crippen molar-refractivity contribution in [2.75, 3.05) is 12.5 Å². The summed E-state index contributed by atoms with van der Waals surface area (Å²) in [5.74, 6) is 1.02. The summed E-state index contributed by atoms with van der Waals surface area (Å²) < 4.78 is 24.4. The highest BCUT2D eigenvalue weighted by molar-refractivity contribution is 5.81. The van der Waals surface area contributed by atoms with Crippen molar-refractivity contribution >= 4 is 11.9 Å². The topological polar surface area (TPSA) is 42.8 Å². The Morgan fingerprint density at radius 1 is 0.933 bits per heavy atom. The predicted octanol–water partition coefficient (Wildman–Crippen LogP) is 6.16. The maximum absolute atomic E-state index is 12.9. The Labute approximate surface area is 177 Å². The minimum Gasteiger partial charge on any atom is -0.493 e. The van der Waals surface area contributed by atoms with E-state index in [0.717, 1.165) is 11.1 Å². The molecule has 0 fully saturated rings. The van der Waals surface area contributed by atoms with Gasteiger partial charge in [-0.15, -0.1) is 0 Å². The Morgan fingerprint density at radius 2 is 1.63 bits per heavy atom. The van der Waals surface area contributed by atoms with Gasteiger partial charge in [0.25, 0.3) is 0 Å². The molecule has 5 heteroatoms. The van der Waals surface area contributed by atoms with E-state index in [4.69, 9.17) is 9.47 Å². The molecule has 4 nitrogen and oxygen atoms in total. The van der Waals surface area contributed by atoms with E-state index in [1.807, 2.05) is 18.2 Å². The van der Waals surface area contributed by atoms with Crippen LogP contribution in [0.5, 0.6) is 11.5 Å². The van der Waals surface area contributed by atoms with Crippen LogP contribution in [-0.2, 0) is 12.0 Å². The Kier molecular flexibility index (Phi) is 6.72. The molecule has 0 saturated carbocycles. The van der Waals surface area contributed by atoms with Crippen LogP contribution in [0.15, 0.2) is 71.8 Å². The predicted molar refractivity (Wildman–Crippen MR) is 120 cm³/mol. The van der Waals surface area contributed by atoms with Crippen molar-refractivity contribution < 1.29 is 13.9 Å². The van der Waals surface area contributed by atoms with Crippen LogP contribution in [-0.4, -0.2) is 13.3 Å². The van der Waals surface area contributed by atoms with Crippen molar-refractivity contribution in [3.05, 3.63) is 89.2 Å². The molecule has 0 spiro atoms. The van der Waals surface area contributed by atoms with Crippen molar-refractivity contribution in [1.82, 2.24) is 0 Å². The lowest BCUT2D eigenvalue weighted by molar-refractivity contribution is 0.284. The minimum atomic E-state index is -0.282. The third kappa shape index (κ3) is 5.83. The van der Waals surface area contributed by atoms with E-state index in [1.165, 1.54) is 17.7 Å². The molecule has 0 saturated heterocycles. The third-order valence-corrected chi connectivity index (χ3v) is 4.65. The summed E-state index contributed by atoms with van der Waals surface area (Å²) in [5, 5.41) is 4.17. The monoisotopic (exact) mass is 406 g/mol. The molecule has 0 radical (unpaired) electrons. The fourth-order valence-corrected chi connectivity index (χ4v) is 2.85. The van der Waals surface area contributed by atoms with Gasteiger partial charge < -0.3 is 9.47 Å². The number of nitrogens with zero attached hydrogens (tertiary/aromatic N) is 1. The summed E-state index contributed by atoms with van der Waals surface area (Å²) in [5.41, 5.74) is 6.94. The van der Waals surface area contributed by atoms with E-state index in [9.17, 15) is 4.39 Å². The van der Waals surface area contributed by atoms with Gasteiger partial charge in [0.15, 0.2) is 11.5 Å². The van der Waals surface area contributed by atoms with Gasteiger partial charge in [0.2, 0.25) is 0 Å². The first-order chi connectivity index (χ1) is 14.3. The zero-order valence-electron chi connectivity index (χ0n) is 17.8. The molecule has 3 aromatic carbocycles. The average Bonchev–Trinajstić information content (AvgIpc) is 2.73. The Bertz CT molecular complexity index is 991. The minimum absolute atomic E-state index is 0.131. The largest absolute Gasteiger partial charge is 0.493 e. The average molecular weight is 407 g/mol. The van der Waals surface area contributed by atoms with Crippen molar-refractivity contribution in [2.45, 2.75) is 32.8 Å². The molecule has 3 aromatic rings.